The predicted molar refractivity (Wildman–Crippen MR) is 155 cm³/mol. The molecule has 0 aliphatic heterocycles. The van der Waals surface area contributed by atoms with Crippen LogP contribution in [0.3, 0.4) is 0 Å². The van der Waals surface area contributed by atoms with E-state index in [0.717, 1.165) is 33.8 Å². The van der Waals surface area contributed by atoms with Gasteiger partial charge in [-0.25, -0.2) is 9.48 Å². The largest absolute Gasteiger partial charge is 0.496 e. The van der Waals surface area contributed by atoms with Crippen LogP contribution in [-0.4, -0.2) is 35.0 Å². The molecule has 0 atom stereocenters. The average molecular weight is 569 g/mol. The van der Waals surface area contributed by atoms with Crippen molar-refractivity contribution in [3.05, 3.63) is 98.8 Å². The SMILES string of the molecule is COc1cc(CN(C)c2ccc(OCc3c(C(C)C)cnn3-c3c(Cl)cccc3Cl)cc2C)ccc1C(=O)O. The Morgan fingerprint density at radius 2 is 1.82 bits per heavy atom. The molecular formula is C30H31Cl2N3O4. The van der Waals surface area contributed by atoms with E-state index >= 15 is 0 Å². The number of hydrogen-bond donors (Lipinski definition) is 1. The van der Waals surface area contributed by atoms with Gasteiger partial charge >= 0.3 is 5.97 Å². The molecular weight excluding hydrogens is 537 g/mol. The summed E-state index contributed by atoms with van der Waals surface area (Å²) in [7, 11) is 3.46. The molecule has 204 valence electrons. The molecule has 0 bridgehead atoms. The van der Waals surface area contributed by atoms with Crippen LogP contribution in [0.5, 0.6) is 11.5 Å². The average Bonchev–Trinajstić information content (AvgIpc) is 3.30. The second-order valence-electron chi connectivity index (χ2n) is 9.62. The Hall–Kier alpha value is -3.68. The van der Waals surface area contributed by atoms with Crippen molar-refractivity contribution >= 4 is 34.9 Å². The normalized spacial score (nSPS) is 11.1. The number of para-hydroxylation sites is 1. The minimum Gasteiger partial charge on any atom is -0.496 e. The molecule has 0 saturated heterocycles. The number of aryl methyl sites for hydroxylation is 1. The molecule has 0 aliphatic carbocycles. The smallest absolute Gasteiger partial charge is 0.339 e. The van der Waals surface area contributed by atoms with Crippen LogP contribution in [0.1, 0.15) is 52.5 Å². The number of carboxylic acid groups (broad SMARTS) is 1. The highest BCUT2D eigenvalue weighted by Gasteiger charge is 2.20. The van der Waals surface area contributed by atoms with Gasteiger partial charge in [0.1, 0.15) is 29.4 Å². The number of ether oxygens (including phenoxy) is 2. The molecule has 3 aromatic carbocycles. The molecule has 0 unspecified atom stereocenters. The summed E-state index contributed by atoms with van der Waals surface area (Å²) in [5.41, 5.74) is 5.72. The van der Waals surface area contributed by atoms with E-state index in [1.165, 1.54) is 7.11 Å². The maximum Gasteiger partial charge on any atom is 0.339 e. The highest BCUT2D eigenvalue weighted by Crippen LogP contribution is 2.33. The van der Waals surface area contributed by atoms with Gasteiger partial charge in [-0.2, -0.15) is 5.10 Å². The molecule has 4 rings (SSSR count). The number of carbonyl (C=O) groups is 1. The Bertz CT molecular complexity index is 1480. The summed E-state index contributed by atoms with van der Waals surface area (Å²) in [4.78, 5) is 13.5. The first-order valence-electron chi connectivity index (χ1n) is 12.5. The first-order valence-corrected chi connectivity index (χ1v) is 13.2. The zero-order valence-corrected chi connectivity index (χ0v) is 24.0. The molecule has 0 aliphatic rings. The number of anilines is 1. The minimum atomic E-state index is -1.02. The van der Waals surface area contributed by atoms with Crippen LogP contribution in [0.15, 0.2) is 60.8 Å². The van der Waals surface area contributed by atoms with Crippen LogP contribution >= 0.6 is 23.2 Å². The minimum absolute atomic E-state index is 0.139. The Balaban J connectivity index is 1.53. The number of rotatable bonds is 10. The van der Waals surface area contributed by atoms with Gasteiger partial charge < -0.3 is 19.5 Å². The molecule has 1 heterocycles. The third-order valence-corrected chi connectivity index (χ3v) is 7.15. The number of benzene rings is 3. The number of halogens is 2. The molecule has 0 radical (unpaired) electrons. The van der Waals surface area contributed by atoms with Crippen molar-refractivity contribution in [1.82, 2.24) is 9.78 Å². The summed E-state index contributed by atoms with van der Waals surface area (Å²) in [5.74, 6) is 0.285. The van der Waals surface area contributed by atoms with Crippen molar-refractivity contribution in [3.8, 4) is 17.2 Å². The van der Waals surface area contributed by atoms with Crippen LogP contribution < -0.4 is 14.4 Å². The van der Waals surface area contributed by atoms with Crippen LogP contribution in [-0.2, 0) is 13.2 Å². The summed E-state index contributed by atoms with van der Waals surface area (Å²) >= 11 is 13.0. The predicted octanol–water partition coefficient (Wildman–Crippen LogP) is 7.53. The molecule has 0 amide bonds. The number of aromatic carboxylic acids is 1. The standard InChI is InChI=1S/C30H31Cl2N3O4/c1-18(2)23-15-33-35(29-24(31)7-6-8-25(29)32)27(23)17-39-21-10-12-26(19(3)13-21)34(4)16-20-9-11-22(30(36)37)28(14-20)38-5/h6-15,18H,16-17H2,1-5H3,(H,36,37). The van der Waals surface area contributed by atoms with Gasteiger partial charge in [0.15, 0.2) is 0 Å². The van der Waals surface area contributed by atoms with Crippen molar-refractivity contribution in [2.75, 3.05) is 19.1 Å². The van der Waals surface area contributed by atoms with Crippen LogP contribution in [0.25, 0.3) is 5.69 Å². The lowest BCUT2D eigenvalue weighted by atomic mass is 10.0. The van der Waals surface area contributed by atoms with Crippen molar-refractivity contribution in [1.29, 1.82) is 0 Å². The van der Waals surface area contributed by atoms with Gasteiger partial charge in [0.25, 0.3) is 0 Å². The maximum absolute atomic E-state index is 11.4. The second kappa shape index (κ2) is 12.0. The van der Waals surface area contributed by atoms with Gasteiger partial charge in [0.2, 0.25) is 0 Å². The highest BCUT2D eigenvalue weighted by molar-refractivity contribution is 6.37. The van der Waals surface area contributed by atoms with Crippen molar-refractivity contribution in [2.45, 2.75) is 39.8 Å². The summed E-state index contributed by atoms with van der Waals surface area (Å²) in [6.45, 7) is 7.11. The van der Waals surface area contributed by atoms with E-state index < -0.39 is 5.97 Å². The lowest BCUT2D eigenvalue weighted by Crippen LogP contribution is -2.17. The first-order chi connectivity index (χ1) is 18.6. The zero-order valence-electron chi connectivity index (χ0n) is 22.5. The number of nitrogens with zero attached hydrogens (tertiary/aromatic N) is 3. The molecule has 0 fully saturated rings. The number of methoxy groups -OCH3 is 1. The third kappa shape index (κ3) is 6.15. The molecule has 4 aromatic rings. The Labute approximate surface area is 238 Å². The Morgan fingerprint density at radius 3 is 2.44 bits per heavy atom. The zero-order chi connectivity index (χ0) is 28.3. The number of hydrogen-bond acceptors (Lipinski definition) is 5. The van der Waals surface area contributed by atoms with E-state index in [0.29, 0.717) is 34.6 Å². The quantitative estimate of drug-likeness (QED) is 0.213. The van der Waals surface area contributed by atoms with Gasteiger partial charge in [-0.3, -0.25) is 0 Å². The molecule has 9 heteroatoms. The molecule has 39 heavy (non-hydrogen) atoms. The van der Waals surface area contributed by atoms with Crippen LogP contribution in [0.4, 0.5) is 5.69 Å². The van der Waals surface area contributed by atoms with Crippen molar-refractivity contribution < 1.29 is 19.4 Å². The van der Waals surface area contributed by atoms with Crippen molar-refractivity contribution in [3.63, 3.8) is 0 Å². The van der Waals surface area contributed by atoms with E-state index in [9.17, 15) is 9.90 Å². The summed E-state index contributed by atoms with van der Waals surface area (Å²) < 4.78 is 13.3. The fraction of sp³-hybridized carbons (Fsp3) is 0.267. The lowest BCUT2D eigenvalue weighted by molar-refractivity contribution is 0.0693. The van der Waals surface area contributed by atoms with Gasteiger partial charge in [-0.1, -0.05) is 49.2 Å². The number of carboxylic acids is 1. The van der Waals surface area contributed by atoms with E-state index in [1.54, 1.807) is 41.1 Å². The Morgan fingerprint density at radius 1 is 1.10 bits per heavy atom. The summed E-state index contributed by atoms with van der Waals surface area (Å²) in [5, 5.41) is 14.9. The van der Waals surface area contributed by atoms with E-state index in [4.69, 9.17) is 32.7 Å². The van der Waals surface area contributed by atoms with Gasteiger partial charge in [-0.15, -0.1) is 0 Å². The monoisotopic (exact) mass is 567 g/mol. The summed E-state index contributed by atoms with van der Waals surface area (Å²) in [6, 6.07) is 16.5. The third-order valence-electron chi connectivity index (χ3n) is 6.54. The maximum atomic E-state index is 11.4. The van der Waals surface area contributed by atoms with Gasteiger partial charge in [0.05, 0.1) is 29.0 Å². The fourth-order valence-electron chi connectivity index (χ4n) is 4.56. The topological polar surface area (TPSA) is 76.8 Å². The van der Waals surface area contributed by atoms with Crippen molar-refractivity contribution in [2.24, 2.45) is 0 Å². The lowest BCUT2D eigenvalue weighted by Gasteiger charge is -2.23. The molecule has 1 aromatic heterocycles. The molecule has 1 N–H and O–H groups in total. The molecule has 0 spiro atoms. The highest BCUT2D eigenvalue weighted by atomic mass is 35.5. The fourth-order valence-corrected chi connectivity index (χ4v) is 5.12. The Kier molecular flexibility index (Phi) is 8.73. The summed E-state index contributed by atoms with van der Waals surface area (Å²) in [6.07, 6.45) is 1.84. The van der Waals surface area contributed by atoms with Gasteiger partial charge in [0, 0.05) is 19.3 Å². The van der Waals surface area contributed by atoms with E-state index in [1.807, 2.05) is 38.4 Å². The second-order valence-corrected chi connectivity index (χ2v) is 10.4. The molecule has 0 saturated carbocycles. The van der Waals surface area contributed by atoms with Crippen LogP contribution in [0, 0.1) is 6.92 Å². The van der Waals surface area contributed by atoms with Gasteiger partial charge in [-0.05, 0) is 72.0 Å². The number of aromatic nitrogens is 2. The molecule has 7 nitrogen and oxygen atoms in total. The first kappa shape index (κ1) is 28.3. The van der Waals surface area contributed by atoms with E-state index in [-0.39, 0.29) is 11.5 Å². The van der Waals surface area contributed by atoms with Crippen LogP contribution in [0.2, 0.25) is 10.0 Å². The van der Waals surface area contributed by atoms with E-state index in [2.05, 4.69) is 23.8 Å².